The van der Waals surface area contributed by atoms with Gasteiger partial charge in [0.15, 0.2) is 0 Å². The Kier molecular flexibility index (Phi) is 5.71. The van der Waals surface area contributed by atoms with Crippen molar-refractivity contribution in [3.05, 3.63) is 68.9 Å². The highest BCUT2D eigenvalue weighted by Gasteiger charge is 2.12. The fourth-order valence-corrected chi connectivity index (χ4v) is 4.72. The van der Waals surface area contributed by atoms with Crippen molar-refractivity contribution in [1.29, 1.82) is 0 Å². The van der Waals surface area contributed by atoms with Gasteiger partial charge in [-0.15, -0.1) is 22.7 Å². The van der Waals surface area contributed by atoms with E-state index in [1.807, 2.05) is 55.6 Å². The molecule has 3 aromatic rings. The number of thioether (sulfide) groups is 1. The molecule has 0 saturated heterocycles. The second-order valence-electron chi connectivity index (χ2n) is 5.45. The zero-order chi connectivity index (χ0) is 16.9. The van der Waals surface area contributed by atoms with Gasteiger partial charge in [0.25, 0.3) is 5.91 Å². The Morgan fingerprint density at radius 2 is 2.04 bits per heavy atom. The number of carbonyl (C=O) groups is 1. The predicted octanol–water partition coefficient (Wildman–Crippen LogP) is 5.30. The second-order valence-corrected chi connectivity index (χ2v) is 8.51. The molecule has 1 unspecified atom stereocenters. The molecule has 0 aliphatic rings. The van der Waals surface area contributed by atoms with Crippen LogP contribution in [0.3, 0.4) is 0 Å². The van der Waals surface area contributed by atoms with Crippen molar-refractivity contribution in [2.75, 3.05) is 0 Å². The molecule has 0 spiro atoms. The molecule has 124 valence electrons. The number of amides is 1. The molecule has 0 saturated carbocycles. The van der Waals surface area contributed by atoms with Crippen LogP contribution in [0, 0.1) is 6.92 Å². The van der Waals surface area contributed by atoms with Crippen LogP contribution in [0.4, 0.5) is 0 Å². The van der Waals surface area contributed by atoms with E-state index in [1.165, 1.54) is 5.56 Å². The summed E-state index contributed by atoms with van der Waals surface area (Å²) in [5.74, 6) is 0.825. The maximum absolute atomic E-state index is 12.3. The van der Waals surface area contributed by atoms with Gasteiger partial charge in [-0.2, -0.15) is 0 Å². The van der Waals surface area contributed by atoms with Crippen LogP contribution >= 0.6 is 34.4 Å². The monoisotopic (exact) mass is 374 g/mol. The van der Waals surface area contributed by atoms with Crippen molar-refractivity contribution in [3.63, 3.8) is 0 Å². The molecule has 0 aliphatic carbocycles. The third-order valence-corrected chi connectivity index (χ3v) is 6.76. The lowest BCUT2D eigenvalue weighted by Crippen LogP contribution is -2.26. The summed E-state index contributed by atoms with van der Waals surface area (Å²) in [6.45, 7) is 4.01. The minimum Gasteiger partial charge on any atom is -0.345 e. The van der Waals surface area contributed by atoms with E-state index >= 15 is 0 Å². The first-order chi connectivity index (χ1) is 11.6. The standard InChI is InChI=1S/C18H18N2OS3/c1-12-10-23-18(19-12)24-11-14-5-7-15(8-6-14)17(21)20-13(2)16-4-3-9-22-16/h3-10,13H,11H2,1-2H3,(H,20,21). The molecular weight excluding hydrogens is 356 g/mol. The first-order valence-electron chi connectivity index (χ1n) is 7.60. The quantitative estimate of drug-likeness (QED) is 0.596. The Labute approximate surface area is 154 Å². The van der Waals surface area contributed by atoms with Crippen LogP contribution in [0.2, 0.25) is 0 Å². The van der Waals surface area contributed by atoms with Gasteiger partial charge >= 0.3 is 0 Å². The Hall–Kier alpha value is -1.63. The van der Waals surface area contributed by atoms with E-state index in [2.05, 4.69) is 15.7 Å². The number of benzene rings is 1. The lowest BCUT2D eigenvalue weighted by molar-refractivity contribution is 0.0940. The number of rotatable bonds is 6. The fourth-order valence-electron chi connectivity index (χ4n) is 2.18. The Bertz CT molecular complexity index is 794. The zero-order valence-corrected chi connectivity index (χ0v) is 15.9. The molecule has 2 heterocycles. The normalized spacial score (nSPS) is 12.1. The second kappa shape index (κ2) is 7.96. The number of nitrogens with one attached hydrogen (secondary N) is 1. The summed E-state index contributed by atoms with van der Waals surface area (Å²) in [6.07, 6.45) is 0. The predicted molar refractivity (Wildman–Crippen MR) is 103 cm³/mol. The van der Waals surface area contributed by atoms with Crippen LogP contribution in [0.15, 0.2) is 51.5 Å². The number of hydrogen-bond acceptors (Lipinski definition) is 5. The molecule has 0 radical (unpaired) electrons. The minimum atomic E-state index is -0.0364. The highest BCUT2D eigenvalue weighted by Crippen LogP contribution is 2.26. The van der Waals surface area contributed by atoms with E-state index in [0.717, 1.165) is 20.7 Å². The van der Waals surface area contributed by atoms with E-state index in [-0.39, 0.29) is 11.9 Å². The molecule has 24 heavy (non-hydrogen) atoms. The van der Waals surface area contributed by atoms with Crippen LogP contribution in [0.25, 0.3) is 0 Å². The SMILES string of the molecule is Cc1csc(SCc2ccc(C(=O)NC(C)c3cccs3)cc2)n1. The van der Waals surface area contributed by atoms with Crippen LogP contribution in [0.5, 0.6) is 0 Å². The van der Waals surface area contributed by atoms with Crippen molar-refractivity contribution >= 4 is 40.3 Å². The third kappa shape index (κ3) is 4.47. The molecule has 6 heteroatoms. The summed E-state index contributed by atoms with van der Waals surface area (Å²) in [6, 6.07) is 11.9. The number of thiazole rings is 1. The highest BCUT2D eigenvalue weighted by atomic mass is 32.2. The van der Waals surface area contributed by atoms with Crippen molar-refractivity contribution in [1.82, 2.24) is 10.3 Å². The molecule has 3 nitrogen and oxygen atoms in total. The first kappa shape index (κ1) is 17.2. The van der Waals surface area contributed by atoms with Gasteiger partial charge < -0.3 is 5.32 Å². The van der Waals surface area contributed by atoms with Gasteiger partial charge in [-0.05, 0) is 43.0 Å². The van der Waals surface area contributed by atoms with E-state index in [4.69, 9.17) is 0 Å². The van der Waals surface area contributed by atoms with Gasteiger partial charge in [-0.1, -0.05) is 30.0 Å². The van der Waals surface area contributed by atoms with Crippen LogP contribution in [-0.2, 0) is 5.75 Å². The minimum absolute atomic E-state index is 0.0286. The Morgan fingerprint density at radius 1 is 1.25 bits per heavy atom. The summed E-state index contributed by atoms with van der Waals surface area (Å²) < 4.78 is 1.08. The Balaban J connectivity index is 1.56. The topological polar surface area (TPSA) is 42.0 Å². The number of hydrogen-bond donors (Lipinski definition) is 1. The smallest absolute Gasteiger partial charge is 0.251 e. The fraction of sp³-hybridized carbons (Fsp3) is 0.222. The van der Waals surface area contributed by atoms with E-state index in [0.29, 0.717) is 5.56 Å². The summed E-state index contributed by atoms with van der Waals surface area (Å²) in [5, 5.41) is 7.12. The highest BCUT2D eigenvalue weighted by molar-refractivity contribution is 8.00. The summed E-state index contributed by atoms with van der Waals surface area (Å²) in [5.41, 5.74) is 2.95. The number of aromatic nitrogens is 1. The molecule has 3 rings (SSSR count). The summed E-state index contributed by atoms with van der Waals surface area (Å²) in [4.78, 5) is 17.9. The van der Waals surface area contributed by atoms with Gasteiger partial charge in [0.05, 0.1) is 6.04 Å². The maximum Gasteiger partial charge on any atom is 0.251 e. The van der Waals surface area contributed by atoms with Crippen molar-refractivity contribution < 1.29 is 4.79 Å². The molecule has 1 atom stereocenters. The van der Waals surface area contributed by atoms with Gasteiger partial charge in [-0.3, -0.25) is 4.79 Å². The number of carbonyl (C=O) groups excluding carboxylic acids is 1. The van der Waals surface area contributed by atoms with Gasteiger partial charge in [0.1, 0.15) is 4.34 Å². The van der Waals surface area contributed by atoms with Gasteiger partial charge in [-0.25, -0.2) is 4.98 Å². The van der Waals surface area contributed by atoms with E-state index < -0.39 is 0 Å². The van der Waals surface area contributed by atoms with Crippen LogP contribution in [0.1, 0.15) is 39.5 Å². The first-order valence-corrected chi connectivity index (χ1v) is 10.3. The lowest BCUT2D eigenvalue weighted by atomic mass is 10.1. The van der Waals surface area contributed by atoms with E-state index in [1.54, 1.807) is 34.4 Å². The zero-order valence-electron chi connectivity index (χ0n) is 13.5. The lowest BCUT2D eigenvalue weighted by Gasteiger charge is -2.12. The van der Waals surface area contributed by atoms with Crippen molar-refractivity contribution in [2.24, 2.45) is 0 Å². The molecule has 1 amide bonds. The largest absolute Gasteiger partial charge is 0.345 e. The molecule has 0 bridgehead atoms. The number of nitrogens with zero attached hydrogens (tertiary/aromatic N) is 1. The molecular formula is C18H18N2OS3. The van der Waals surface area contributed by atoms with E-state index in [9.17, 15) is 4.79 Å². The molecule has 1 N–H and O–H groups in total. The van der Waals surface area contributed by atoms with Gasteiger partial charge in [0, 0.05) is 27.3 Å². The Morgan fingerprint density at radius 3 is 2.67 bits per heavy atom. The van der Waals surface area contributed by atoms with Crippen LogP contribution < -0.4 is 5.32 Å². The molecule has 0 aliphatic heterocycles. The average molecular weight is 375 g/mol. The van der Waals surface area contributed by atoms with Gasteiger partial charge in [0.2, 0.25) is 0 Å². The van der Waals surface area contributed by atoms with Crippen molar-refractivity contribution in [3.8, 4) is 0 Å². The number of aryl methyl sites for hydroxylation is 1. The number of thiophene rings is 1. The molecule has 2 aromatic heterocycles. The molecule has 1 aromatic carbocycles. The van der Waals surface area contributed by atoms with Crippen molar-refractivity contribution in [2.45, 2.75) is 30.0 Å². The summed E-state index contributed by atoms with van der Waals surface area (Å²) in [7, 11) is 0. The molecule has 0 fully saturated rings. The maximum atomic E-state index is 12.3. The van der Waals surface area contributed by atoms with Crippen LogP contribution in [-0.4, -0.2) is 10.9 Å². The summed E-state index contributed by atoms with van der Waals surface area (Å²) >= 11 is 5.05. The average Bonchev–Trinajstić information content (AvgIpc) is 3.25. The third-order valence-electron chi connectivity index (χ3n) is 3.49.